The van der Waals surface area contributed by atoms with Gasteiger partial charge in [0.1, 0.15) is 5.82 Å². The maximum atomic E-state index is 11.8. The van der Waals surface area contributed by atoms with Crippen molar-refractivity contribution >= 4 is 5.82 Å². The number of aromatic nitrogens is 3. The van der Waals surface area contributed by atoms with Gasteiger partial charge in [-0.25, -0.2) is 4.98 Å². The van der Waals surface area contributed by atoms with Gasteiger partial charge in [0.2, 0.25) is 0 Å². The fraction of sp³-hybridized carbons (Fsp3) is 0.0952. The van der Waals surface area contributed by atoms with Crippen LogP contribution in [0.5, 0.6) is 0 Å². The Balaban J connectivity index is 1.47. The standard InChI is InChI=1S/C21H18N4O2/c22-21-18(4-3-10-23-21)19-13-17(24-27-19)12-15-6-8-16(9-7-15)14-25-11-2-1-5-20(25)26/h1-11,13H,12,14H2,(H2,22,23). The molecule has 3 aromatic heterocycles. The van der Waals surface area contributed by atoms with Crippen molar-refractivity contribution in [1.29, 1.82) is 0 Å². The molecule has 0 bridgehead atoms. The van der Waals surface area contributed by atoms with E-state index in [1.54, 1.807) is 29.1 Å². The van der Waals surface area contributed by atoms with Gasteiger partial charge in [0, 0.05) is 30.9 Å². The first-order chi connectivity index (χ1) is 13.2. The first-order valence-electron chi connectivity index (χ1n) is 8.59. The van der Waals surface area contributed by atoms with Crippen molar-refractivity contribution in [2.75, 3.05) is 5.73 Å². The summed E-state index contributed by atoms with van der Waals surface area (Å²) in [5.74, 6) is 1.02. The molecule has 6 nitrogen and oxygen atoms in total. The molecule has 27 heavy (non-hydrogen) atoms. The van der Waals surface area contributed by atoms with Gasteiger partial charge in [0.15, 0.2) is 5.76 Å². The van der Waals surface area contributed by atoms with E-state index in [1.807, 2.05) is 48.5 Å². The Kier molecular flexibility index (Phi) is 4.53. The SMILES string of the molecule is Nc1ncccc1-c1cc(Cc2ccc(Cn3ccccc3=O)cc2)no1. The van der Waals surface area contributed by atoms with Gasteiger partial charge in [-0.1, -0.05) is 35.5 Å². The quantitative estimate of drug-likeness (QED) is 0.592. The second-order valence-corrected chi connectivity index (χ2v) is 6.28. The highest BCUT2D eigenvalue weighted by Crippen LogP contribution is 2.25. The van der Waals surface area contributed by atoms with Gasteiger partial charge in [-0.15, -0.1) is 0 Å². The summed E-state index contributed by atoms with van der Waals surface area (Å²) in [5.41, 5.74) is 9.60. The summed E-state index contributed by atoms with van der Waals surface area (Å²) in [5, 5.41) is 4.13. The minimum absolute atomic E-state index is 0.00798. The summed E-state index contributed by atoms with van der Waals surface area (Å²) in [7, 11) is 0. The molecule has 2 N–H and O–H groups in total. The van der Waals surface area contributed by atoms with E-state index in [1.165, 1.54) is 0 Å². The van der Waals surface area contributed by atoms with E-state index in [4.69, 9.17) is 10.3 Å². The molecule has 0 saturated carbocycles. The zero-order valence-electron chi connectivity index (χ0n) is 14.6. The molecule has 3 heterocycles. The number of benzene rings is 1. The summed E-state index contributed by atoms with van der Waals surface area (Å²) in [6.45, 7) is 0.550. The predicted molar refractivity (Wildman–Crippen MR) is 103 cm³/mol. The third-order valence-corrected chi connectivity index (χ3v) is 4.32. The molecule has 0 spiro atoms. The molecule has 4 rings (SSSR count). The summed E-state index contributed by atoms with van der Waals surface area (Å²) in [6.07, 6.45) is 4.08. The minimum atomic E-state index is -0.00798. The smallest absolute Gasteiger partial charge is 0.250 e. The van der Waals surface area contributed by atoms with Crippen LogP contribution >= 0.6 is 0 Å². The van der Waals surface area contributed by atoms with Crippen LogP contribution in [0.15, 0.2) is 82.4 Å². The summed E-state index contributed by atoms with van der Waals surface area (Å²) in [4.78, 5) is 15.9. The summed E-state index contributed by atoms with van der Waals surface area (Å²) in [6, 6.07) is 18.8. The van der Waals surface area contributed by atoms with Gasteiger partial charge in [0.25, 0.3) is 5.56 Å². The van der Waals surface area contributed by atoms with Crippen LogP contribution in [0.25, 0.3) is 11.3 Å². The molecule has 0 amide bonds. The van der Waals surface area contributed by atoms with Crippen LogP contribution in [0.4, 0.5) is 5.82 Å². The van der Waals surface area contributed by atoms with Gasteiger partial charge in [0.05, 0.1) is 17.8 Å². The van der Waals surface area contributed by atoms with Crippen molar-refractivity contribution in [3.63, 3.8) is 0 Å². The van der Waals surface area contributed by atoms with Gasteiger partial charge in [-0.05, 0) is 29.3 Å². The van der Waals surface area contributed by atoms with E-state index < -0.39 is 0 Å². The Hall–Kier alpha value is -3.67. The Bertz CT molecular complexity index is 1110. The lowest BCUT2D eigenvalue weighted by Crippen LogP contribution is -2.18. The van der Waals surface area contributed by atoms with E-state index >= 15 is 0 Å². The lowest BCUT2D eigenvalue weighted by Gasteiger charge is -2.06. The second-order valence-electron chi connectivity index (χ2n) is 6.28. The van der Waals surface area contributed by atoms with Crippen molar-refractivity contribution in [2.45, 2.75) is 13.0 Å². The molecular formula is C21H18N4O2. The summed E-state index contributed by atoms with van der Waals surface area (Å²) < 4.78 is 7.09. The molecule has 1 aromatic carbocycles. The van der Waals surface area contributed by atoms with Crippen molar-refractivity contribution in [3.05, 3.63) is 100 Å². The third-order valence-electron chi connectivity index (χ3n) is 4.32. The van der Waals surface area contributed by atoms with Crippen molar-refractivity contribution in [1.82, 2.24) is 14.7 Å². The Labute approximate surface area is 155 Å². The number of anilines is 1. The van der Waals surface area contributed by atoms with Crippen LogP contribution < -0.4 is 11.3 Å². The molecule has 0 fully saturated rings. The highest BCUT2D eigenvalue weighted by Gasteiger charge is 2.10. The van der Waals surface area contributed by atoms with E-state index in [-0.39, 0.29) is 5.56 Å². The average molecular weight is 358 g/mol. The molecule has 134 valence electrons. The number of nitrogen functional groups attached to an aromatic ring is 1. The van der Waals surface area contributed by atoms with Crippen molar-refractivity contribution < 1.29 is 4.52 Å². The molecule has 0 radical (unpaired) electrons. The molecule has 6 heteroatoms. The molecule has 0 unspecified atom stereocenters. The molecule has 0 aliphatic carbocycles. The van der Waals surface area contributed by atoms with Crippen LogP contribution in [-0.2, 0) is 13.0 Å². The number of hydrogen-bond acceptors (Lipinski definition) is 5. The highest BCUT2D eigenvalue weighted by atomic mass is 16.5. The van der Waals surface area contributed by atoms with Gasteiger partial charge in [-0.2, -0.15) is 0 Å². The van der Waals surface area contributed by atoms with Crippen LogP contribution in [0.3, 0.4) is 0 Å². The Morgan fingerprint density at radius 2 is 1.81 bits per heavy atom. The molecule has 0 saturated heterocycles. The Morgan fingerprint density at radius 3 is 2.59 bits per heavy atom. The van der Waals surface area contributed by atoms with Crippen molar-refractivity contribution in [3.8, 4) is 11.3 Å². The molecule has 0 atom stereocenters. The fourth-order valence-electron chi connectivity index (χ4n) is 2.91. The highest BCUT2D eigenvalue weighted by molar-refractivity contribution is 5.69. The summed E-state index contributed by atoms with van der Waals surface area (Å²) >= 11 is 0. The first kappa shape index (κ1) is 16.8. The zero-order chi connectivity index (χ0) is 18.6. The lowest BCUT2D eigenvalue weighted by molar-refractivity contribution is 0.425. The van der Waals surface area contributed by atoms with Crippen LogP contribution in [0.1, 0.15) is 16.8 Å². The zero-order valence-corrected chi connectivity index (χ0v) is 14.6. The number of nitrogens with two attached hydrogens (primary N) is 1. The topological polar surface area (TPSA) is 86.9 Å². The number of pyridine rings is 2. The van der Waals surface area contributed by atoms with Gasteiger partial charge in [-0.3, -0.25) is 4.79 Å². The monoisotopic (exact) mass is 358 g/mol. The van der Waals surface area contributed by atoms with E-state index in [0.717, 1.165) is 22.4 Å². The predicted octanol–water partition coefficient (Wildman–Crippen LogP) is 3.12. The molecular weight excluding hydrogens is 340 g/mol. The van der Waals surface area contributed by atoms with E-state index in [2.05, 4.69) is 10.1 Å². The Morgan fingerprint density at radius 1 is 1.00 bits per heavy atom. The number of nitrogens with zero attached hydrogens (tertiary/aromatic N) is 3. The van der Waals surface area contributed by atoms with Crippen molar-refractivity contribution in [2.24, 2.45) is 0 Å². The number of hydrogen-bond donors (Lipinski definition) is 1. The largest absolute Gasteiger partial charge is 0.383 e. The first-order valence-corrected chi connectivity index (χ1v) is 8.59. The normalized spacial score (nSPS) is 10.8. The fourth-order valence-corrected chi connectivity index (χ4v) is 2.91. The molecule has 0 aliphatic heterocycles. The molecule has 0 aliphatic rings. The molecule has 4 aromatic rings. The van der Waals surface area contributed by atoms with Crippen LogP contribution in [-0.4, -0.2) is 14.7 Å². The minimum Gasteiger partial charge on any atom is -0.383 e. The van der Waals surface area contributed by atoms with Gasteiger partial charge < -0.3 is 14.8 Å². The van der Waals surface area contributed by atoms with Crippen LogP contribution in [0.2, 0.25) is 0 Å². The second kappa shape index (κ2) is 7.29. The maximum Gasteiger partial charge on any atom is 0.250 e. The third kappa shape index (κ3) is 3.79. The lowest BCUT2D eigenvalue weighted by atomic mass is 10.1. The maximum absolute atomic E-state index is 11.8. The van der Waals surface area contributed by atoms with E-state index in [9.17, 15) is 4.79 Å². The van der Waals surface area contributed by atoms with Crippen LogP contribution in [0, 0.1) is 0 Å². The average Bonchev–Trinajstić information content (AvgIpc) is 3.14. The van der Waals surface area contributed by atoms with Gasteiger partial charge >= 0.3 is 0 Å². The van der Waals surface area contributed by atoms with E-state index in [0.29, 0.717) is 24.5 Å². The number of rotatable bonds is 5.